The van der Waals surface area contributed by atoms with Crippen molar-refractivity contribution in [2.24, 2.45) is 0 Å². The SMILES string of the molecule is O=C1C2c3ccccc3N1C2c1ccccc1Nc1ccc2[nH]ncc2c1. The highest BCUT2D eigenvalue weighted by Crippen LogP contribution is 2.59. The van der Waals surface area contributed by atoms with Gasteiger partial charge in [0.05, 0.1) is 23.7 Å². The third-order valence-electron chi connectivity index (χ3n) is 5.63. The van der Waals surface area contributed by atoms with Crippen LogP contribution < -0.4 is 10.2 Å². The molecule has 2 aliphatic heterocycles. The quantitative estimate of drug-likeness (QED) is 0.534. The number of aromatic amines is 1. The van der Waals surface area contributed by atoms with Crippen LogP contribution in [0.4, 0.5) is 17.1 Å². The monoisotopic (exact) mass is 352 g/mol. The molecular formula is C22H16N4O. The number of hydrogen-bond acceptors (Lipinski definition) is 3. The molecule has 2 bridgehead atoms. The Labute approximate surface area is 155 Å². The number of amides is 1. The lowest BCUT2D eigenvalue weighted by atomic mass is 9.83. The van der Waals surface area contributed by atoms with Crippen LogP contribution in [-0.4, -0.2) is 16.1 Å². The van der Waals surface area contributed by atoms with Crippen molar-refractivity contribution in [2.45, 2.75) is 12.0 Å². The van der Waals surface area contributed by atoms with Gasteiger partial charge in [0.2, 0.25) is 5.91 Å². The van der Waals surface area contributed by atoms with Crippen LogP contribution >= 0.6 is 0 Å². The van der Waals surface area contributed by atoms with Gasteiger partial charge in [-0.1, -0.05) is 36.4 Å². The smallest absolute Gasteiger partial charge is 0.237 e. The van der Waals surface area contributed by atoms with E-state index in [1.807, 2.05) is 53.6 Å². The summed E-state index contributed by atoms with van der Waals surface area (Å²) in [5, 5.41) is 11.6. The van der Waals surface area contributed by atoms with Crippen molar-refractivity contribution in [2.75, 3.05) is 10.2 Å². The van der Waals surface area contributed by atoms with Crippen LogP contribution in [0.1, 0.15) is 23.1 Å². The van der Waals surface area contributed by atoms with Gasteiger partial charge in [0.25, 0.3) is 0 Å². The first kappa shape index (κ1) is 14.6. The largest absolute Gasteiger partial charge is 0.355 e. The van der Waals surface area contributed by atoms with Crippen LogP contribution in [0, 0.1) is 0 Å². The minimum atomic E-state index is -0.0690. The second-order valence-corrected chi connectivity index (χ2v) is 7.07. The van der Waals surface area contributed by atoms with Crippen LogP contribution in [0.3, 0.4) is 0 Å². The molecule has 2 atom stereocenters. The topological polar surface area (TPSA) is 61.0 Å². The number of β-lactam (4-membered cyclic amide) rings is 1. The molecule has 3 heterocycles. The number of hydrogen-bond donors (Lipinski definition) is 2. The highest BCUT2D eigenvalue weighted by molar-refractivity contribution is 6.13. The van der Waals surface area contributed by atoms with Gasteiger partial charge in [-0.15, -0.1) is 0 Å². The summed E-state index contributed by atoms with van der Waals surface area (Å²) in [7, 11) is 0. The van der Waals surface area contributed by atoms with E-state index in [1.54, 1.807) is 0 Å². The van der Waals surface area contributed by atoms with Crippen molar-refractivity contribution in [3.63, 3.8) is 0 Å². The first-order valence-electron chi connectivity index (χ1n) is 9.02. The van der Waals surface area contributed by atoms with Gasteiger partial charge in [0, 0.05) is 22.4 Å². The molecule has 1 amide bonds. The maximum Gasteiger partial charge on any atom is 0.237 e. The Balaban J connectivity index is 1.39. The van der Waals surface area contributed by atoms with E-state index in [0.29, 0.717) is 0 Å². The predicted octanol–water partition coefficient (Wildman–Crippen LogP) is 4.49. The molecule has 1 fully saturated rings. The van der Waals surface area contributed by atoms with Crippen molar-refractivity contribution in [3.8, 4) is 0 Å². The fourth-order valence-electron chi connectivity index (χ4n) is 4.39. The lowest BCUT2D eigenvalue weighted by Crippen LogP contribution is -2.47. The molecule has 3 aromatic carbocycles. The number of para-hydroxylation sites is 2. The van der Waals surface area contributed by atoms with Gasteiger partial charge in [0.1, 0.15) is 0 Å². The van der Waals surface area contributed by atoms with E-state index >= 15 is 0 Å². The third-order valence-corrected chi connectivity index (χ3v) is 5.63. The standard InChI is InChI=1S/C22H16N4O/c27-22-20-16-6-2-4-8-19(16)26(22)21(20)15-5-1-3-7-18(15)24-14-9-10-17-13(11-14)12-23-25-17/h1-12,20-21,24H,(H,23,25). The summed E-state index contributed by atoms with van der Waals surface area (Å²) < 4.78 is 0. The maximum atomic E-state index is 12.5. The molecule has 5 nitrogen and oxygen atoms in total. The van der Waals surface area contributed by atoms with Crippen LogP contribution in [0.15, 0.2) is 72.9 Å². The van der Waals surface area contributed by atoms with E-state index in [9.17, 15) is 4.79 Å². The van der Waals surface area contributed by atoms with Gasteiger partial charge in [-0.3, -0.25) is 9.89 Å². The zero-order valence-electron chi connectivity index (χ0n) is 14.4. The lowest BCUT2D eigenvalue weighted by Gasteiger charge is -2.39. The number of carbonyl (C=O) groups excluding carboxylic acids is 1. The van der Waals surface area contributed by atoms with Gasteiger partial charge >= 0.3 is 0 Å². The zero-order valence-corrected chi connectivity index (χ0v) is 14.4. The summed E-state index contributed by atoms with van der Waals surface area (Å²) in [5.41, 5.74) is 6.38. The van der Waals surface area contributed by atoms with Gasteiger partial charge in [-0.25, -0.2) is 0 Å². The minimum absolute atomic E-state index is 0.0660. The molecule has 27 heavy (non-hydrogen) atoms. The maximum absolute atomic E-state index is 12.5. The fraction of sp³-hybridized carbons (Fsp3) is 0.0909. The Morgan fingerprint density at radius 2 is 1.78 bits per heavy atom. The van der Waals surface area contributed by atoms with Crippen LogP contribution in [-0.2, 0) is 4.79 Å². The highest BCUT2D eigenvalue weighted by Gasteiger charge is 2.57. The summed E-state index contributed by atoms with van der Waals surface area (Å²) >= 11 is 0. The molecule has 1 aromatic heterocycles. The normalized spacial score (nSPS) is 19.9. The first-order chi connectivity index (χ1) is 13.3. The number of rotatable bonds is 3. The number of benzene rings is 3. The van der Waals surface area contributed by atoms with Crippen molar-refractivity contribution in [3.05, 3.63) is 84.1 Å². The molecule has 2 N–H and O–H groups in total. The van der Waals surface area contributed by atoms with E-state index in [1.165, 1.54) is 0 Å². The second-order valence-electron chi connectivity index (χ2n) is 7.07. The molecular weight excluding hydrogens is 336 g/mol. The average molecular weight is 352 g/mol. The Hall–Kier alpha value is -3.60. The van der Waals surface area contributed by atoms with Crippen molar-refractivity contribution in [1.29, 1.82) is 0 Å². The zero-order chi connectivity index (χ0) is 18.0. The molecule has 0 radical (unpaired) electrons. The summed E-state index contributed by atoms with van der Waals surface area (Å²) in [4.78, 5) is 14.5. The third kappa shape index (κ3) is 1.94. The number of H-pyrrole nitrogens is 1. The molecule has 5 heteroatoms. The van der Waals surface area contributed by atoms with Gasteiger partial charge in [-0.2, -0.15) is 5.10 Å². The van der Waals surface area contributed by atoms with E-state index in [-0.39, 0.29) is 17.9 Å². The Bertz CT molecular complexity index is 1180. The molecule has 6 rings (SSSR count). The molecule has 0 spiro atoms. The van der Waals surface area contributed by atoms with Gasteiger partial charge in [-0.05, 0) is 41.5 Å². The molecule has 0 saturated carbocycles. The number of fused-ring (bicyclic) bond motifs is 6. The summed E-state index contributed by atoms with van der Waals surface area (Å²) in [6.45, 7) is 0. The molecule has 2 aliphatic rings. The second kappa shape index (κ2) is 5.20. The Morgan fingerprint density at radius 1 is 0.963 bits per heavy atom. The van der Waals surface area contributed by atoms with Crippen molar-refractivity contribution in [1.82, 2.24) is 10.2 Å². The Morgan fingerprint density at radius 3 is 2.67 bits per heavy atom. The van der Waals surface area contributed by atoms with Gasteiger partial charge in [0.15, 0.2) is 0 Å². The predicted molar refractivity (Wildman–Crippen MR) is 105 cm³/mol. The fourth-order valence-corrected chi connectivity index (χ4v) is 4.39. The number of nitrogens with one attached hydrogen (secondary N) is 2. The minimum Gasteiger partial charge on any atom is -0.355 e. The van der Waals surface area contributed by atoms with Crippen LogP contribution in [0.25, 0.3) is 10.9 Å². The van der Waals surface area contributed by atoms with E-state index in [2.05, 4.69) is 39.8 Å². The summed E-state index contributed by atoms with van der Waals surface area (Å²) in [5.74, 6) is 0.135. The van der Waals surface area contributed by atoms with Crippen molar-refractivity contribution >= 4 is 33.9 Å². The number of aromatic nitrogens is 2. The average Bonchev–Trinajstić information content (AvgIpc) is 3.37. The lowest BCUT2D eigenvalue weighted by molar-refractivity contribution is -0.125. The van der Waals surface area contributed by atoms with E-state index in [4.69, 9.17) is 0 Å². The molecule has 0 aliphatic carbocycles. The highest BCUT2D eigenvalue weighted by atomic mass is 16.2. The summed E-state index contributed by atoms with van der Waals surface area (Å²) in [6.07, 6.45) is 1.82. The molecule has 1 saturated heterocycles. The molecule has 4 aromatic rings. The van der Waals surface area contributed by atoms with Crippen molar-refractivity contribution < 1.29 is 4.79 Å². The number of nitrogens with zero attached hydrogens (tertiary/aromatic N) is 2. The van der Waals surface area contributed by atoms with Gasteiger partial charge < -0.3 is 10.2 Å². The molecule has 130 valence electrons. The Kier molecular flexibility index (Phi) is 2.81. The number of carbonyl (C=O) groups is 1. The van der Waals surface area contributed by atoms with E-state index < -0.39 is 0 Å². The van der Waals surface area contributed by atoms with Crippen LogP contribution in [0.5, 0.6) is 0 Å². The first-order valence-corrected chi connectivity index (χ1v) is 9.02. The summed E-state index contributed by atoms with van der Waals surface area (Å²) in [6, 6.07) is 22.5. The number of anilines is 3. The van der Waals surface area contributed by atoms with E-state index in [0.717, 1.165) is 39.1 Å². The molecule has 2 unspecified atom stereocenters. The van der Waals surface area contributed by atoms with Crippen LogP contribution in [0.2, 0.25) is 0 Å².